The van der Waals surface area contributed by atoms with Crippen LogP contribution < -0.4 is 4.74 Å². The first-order chi connectivity index (χ1) is 12.0. The van der Waals surface area contributed by atoms with Gasteiger partial charge in [-0.3, -0.25) is 0 Å². The summed E-state index contributed by atoms with van der Waals surface area (Å²) in [7, 11) is 1.29. The standard InChI is InChI=1S/C20H23NO4/c1-15(2)21(14-13-16-9-5-4-6-10-16)20(23)25-18-12-8-7-11-17(18)19(22)24-3/h4-12,15H,13-14H2,1-3H3. The maximum absolute atomic E-state index is 12.6. The van der Waals surface area contributed by atoms with Gasteiger partial charge < -0.3 is 14.4 Å². The zero-order chi connectivity index (χ0) is 18.2. The first kappa shape index (κ1) is 18.5. The van der Waals surface area contributed by atoms with Gasteiger partial charge in [-0.05, 0) is 38.0 Å². The summed E-state index contributed by atoms with van der Waals surface area (Å²) in [5, 5.41) is 0. The molecule has 0 unspecified atom stereocenters. The van der Waals surface area contributed by atoms with E-state index in [1.807, 2.05) is 44.2 Å². The van der Waals surface area contributed by atoms with E-state index in [-0.39, 0.29) is 17.4 Å². The van der Waals surface area contributed by atoms with Crippen molar-refractivity contribution in [2.24, 2.45) is 0 Å². The third kappa shape index (κ3) is 5.08. The minimum Gasteiger partial charge on any atom is -0.465 e. The minimum atomic E-state index is -0.538. The molecule has 0 saturated heterocycles. The second-order valence-corrected chi connectivity index (χ2v) is 5.88. The van der Waals surface area contributed by atoms with Crippen molar-refractivity contribution in [3.05, 3.63) is 65.7 Å². The van der Waals surface area contributed by atoms with Crippen molar-refractivity contribution in [2.75, 3.05) is 13.7 Å². The minimum absolute atomic E-state index is 0.0264. The Morgan fingerprint density at radius 2 is 1.64 bits per heavy atom. The molecule has 0 heterocycles. The van der Waals surface area contributed by atoms with Crippen molar-refractivity contribution < 1.29 is 19.1 Å². The van der Waals surface area contributed by atoms with Gasteiger partial charge in [-0.15, -0.1) is 0 Å². The normalized spacial score (nSPS) is 10.4. The molecule has 0 aliphatic carbocycles. The van der Waals surface area contributed by atoms with Crippen molar-refractivity contribution in [2.45, 2.75) is 26.3 Å². The Morgan fingerprint density at radius 1 is 1.00 bits per heavy atom. The summed E-state index contributed by atoms with van der Waals surface area (Å²) in [5.74, 6) is -0.339. The molecule has 0 aliphatic rings. The van der Waals surface area contributed by atoms with Crippen LogP contribution in [0, 0.1) is 0 Å². The van der Waals surface area contributed by atoms with Crippen molar-refractivity contribution >= 4 is 12.1 Å². The first-order valence-corrected chi connectivity index (χ1v) is 8.22. The van der Waals surface area contributed by atoms with Gasteiger partial charge in [-0.1, -0.05) is 42.5 Å². The summed E-state index contributed by atoms with van der Waals surface area (Å²) < 4.78 is 10.2. The van der Waals surface area contributed by atoms with Crippen LogP contribution in [0.3, 0.4) is 0 Å². The Bertz CT molecular complexity index is 713. The van der Waals surface area contributed by atoms with Crippen LogP contribution >= 0.6 is 0 Å². The van der Waals surface area contributed by atoms with Crippen LogP contribution in [0.2, 0.25) is 0 Å². The van der Waals surface area contributed by atoms with Crippen molar-refractivity contribution in [3.8, 4) is 5.75 Å². The number of methoxy groups -OCH3 is 1. The number of amides is 1. The van der Waals surface area contributed by atoms with Gasteiger partial charge >= 0.3 is 12.1 Å². The average Bonchev–Trinajstić information content (AvgIpc) is 2.62. The van der Waals surface area contributed by atoms with E-state index in [1.54, 1.807) is 29.2 Å². The first-order valence-electron chi connectivity index (χ1n) is 8.22. The number of nitrogens with zero attached hydrogens (tertiary/aromatic N) is 1. The second kappa shape index (κ2) is 8.87. The maximum atomic E-state index is 12.6. The molecule has 5 heteroatoms. The number of benzene rings is 2. The van der Waals surface area contributed by atoms with Gasteiger partial charge in [0.25, 0.3) is 0 Å². The van der Waals surface area contributed by atoms with Crippen molar-refractivity contribution in [1.29, 1.82) is 0 Å². The monoisotopic (exact) mass is 341 g/mol. The van der Waals surface area contributed by atoms with E-state index >= 15 is 0 Å². The number of esters is 1. The lowest BCUT2D eigenvalue weighted by atomic mass is 10.1. The molecule has 0 spiro atoms. The Labute approximate surface area is 148 Å². The number of hydrogen-bond acceptors (Lipinski definition) is 4. The van der Waals surface area contributed by atoms with E-state index in [9.17, 15) is 9.59 Å². The summed E-state index contributed by atoms with van der Waals surface area (Å²) in [6.07, 6.45) is 0.245. The molecule has 2 aromatic carbocycles. The summed E-state index contributed by atoms with van der Waals surface area (Å²) in [6.45, 7) is 4.39. The van der Waals surface area contributed by atoms with Gasteiger partial charge in [0.1, 0.15) is 11.3 Å². The van der Waals surface area contributed by atoms with Crippen molar-refractivity contribution in [1.82, 2.24) is 4.90 Å². The predicted octanol–water partition coefficient (Wildman–Crippen LogP) is 3.93. The SMILES string of the molecule is COC(=O)c1ccccc1OC(=O)N(CCc1ccccc1)C(C)C. The second-order valence-electron chi connectivity index (χ2n) is 5.88. The quantitative estimate of drug-likeness (QED) is 0.747. The molecule has 0 fully saturated rings. The topological polar surface area (TPSA) is 55.8 Å². The summed E-state index contributed by atoms with van der Waals surface area (Å²) >= 11 is 0. The van der Waals surface area contributed by atoms with Crippen LogP contribution in [-0.4, -0.2) is 36.7 Å². The van der Waals surface area contributed by atoms with E-state index in [0.29, 0.717) is 6.54 Å². The highest BCUT2D eigenvalue weighted by atomic mass is 16.6. The van der Waals surface area contributed by atoms with E-state index in [2.05, 4.69) is 0 Å². The van der Waals surface area contributed by atoms with Gasteiger partial charge in [0, 0.05) is 12.6 Å². The van der Waals surface area contributed by atoms with Gasteiger partial charge in [0.05, 0.1) is 7.11 Å². The number of para-hydroxylation sites is 1. The van der Waals surface area contributed by atoms with E-state index in [0.717, 1.165) is 12.0 Å². The smallest absolute Gasteiger partial charge is 0.415 e. The van der Waals surface area contributed by atoms with Gasteiger partial charge in [-0.2, -0.15) is 0 Å². The number of hydrogen-bond donors (Lipinski definition) is 0. The van der Waals surface area contributed by atoms with E-state index in [1.165, 1.54) is 7.11 Å². The van der Waals surface area contributed by atoms with Gasteiger partial charge in [0.2, 0.25) is 0 Å². The molecule has 5 nitrogen and oxygen atoms in total. The molecule has 0 radical (unpaired) electrons. The van der Waals surface area contributed by atoms with Crippen LogP contribution in [0.25, 0.3) is 0 Å². The largest absolute Gasteiger partial charge is 0.465 e. The van der Waals surface area contributed by atoms with Crippen molar-refractivity contribution in [3.63, 3.8) is 0 Å². The van der Waals surface area contributed by atoms with Crippen LogP contribution in [0.4, 0.5) is 4.79 Å². The number of carbonyl (C=O) groups excluding carboxylic acids is 2. The van der Waals surface area contributed by atoms with Gasteiger partial charge in [-0.25, -0.2) is 9.59 Å². The molecule has 0 N–H and O–H groups in total. The Kier molecular flexibility index (Phi) is 6.57. The Hall–Kier alpha value is -2.82. The molecule has 0 atom stereocenters. The van der Waals surface area contributed by atoms with Crippen LogP contribution in [-0.2, 0) is 11.2 Å². The van der Waals surface area contributed by atoms with E-state index in [4.69, 9.17) is 9.47 Å². The van der Waals surface area contributed by atoms with Gasteiger partial charge in [0.15, 0.2) is 0 Å². The van der Waals surface area contributed by atoms with E-state index < -0.39 is 12.1 Å². The Morgan fingerprint density at radius 3 is 2.28 bits per heavy atom. The van der Waals surface area contributed by atoms with Crippen LogP contribution in [0.15, 0.2) is 54.6 Å². The number of carbonyl (C=O) groups is 2. The number of ether oxygens (including phenoxy) is 2. The molecule has 0 bridgehead atoms. The molecule has 132 valence electrons. The zero-order valence-corrected chi connectivity index (χ0v) is 14.8. The predicted molar refractivity (Wildman–Crippen MR) is 95.8 cm³/mol. The third-order valence-corrected chi connectivity index (χ3v) is 3.83. The summed E-state index contributed by atoms with van der Waals surface area (Å²) in [4.78, 5) is 26.0. The molecule has 0 saturated carbocycles. The summed E-state index contributed by atoms with van der Waals surface area (Å²) in [5.41, 5.74) is 1.38. The molecular weight excluding hydrogens is 318 g/mol. The average molecular weight is 341 g/mol. The lowest BCUT2D eigenvalue weighted by Crippen LogP contribution is -2.40. The zero-order valence-electron chi connectivity index (χ0n) is 14.8. The number of rotatable bonds is 6. The highest BCUT2D eigenvalue weighted by Crippen LogP contribution is 2.20. The summed E-state index contributed by atoms with van der Waals surface area (Å²) in [6, 6.07) is 16.5. The fourth-order valence-electron chi connectivity index (χ4n) is 2.44. The lowest BCUT2D eigenvalue weighted by Gasteiger charge is -2.26. The molecular formula is C20H23NO4. The molecule has 25 heavy (non-hydrogen) atoms. The third-order valence-electron chi connectivity index (χ3n) is 3.83. The Balaban J connectivity index is 2.09. The van der Waals surface area contributed by atoms with Crippen LogP contribution in [0.1, 0.15) is 29.8 Å². The maximum Gasteiger partial charge on any atom is 0.415 e. The molecule has 0 aliphatic heterocycles. The highest BCUT2D eigenvalue weighted by Gasteiger charge is 2.22. The molecule has 1 amide bonds. The fraction of sp³-hybridized carbons (Fsp3) is 0.300. The molecule has 2 aromatic rings. The highest BCUT2D eigenvalue weighted by molar-refractivity contribution is 5.93. The molecule has 0 aromatic heterocycles. The van der Waals surface area contributed by atoms with Crippen LogP contribution in [0.5, 0.6) is 5.75 Å². The fourth-order valence-corrected chi connectivity index (χ4v) is 2.44. The molecule has 2 rings (SSSR count). The lowest BCUT2D eigenvalue weighted by molar-refractivity contribution is 0.0597.